The van der Waals surface area contributed by atoms with Gasteiger partial charge in [-0.3, -0.25) is 9.78 Å². The lowest BCUT2D eigenvalue weighted by atomic mass is 9.84. The van der Waals surface area contributed by atoms with E-state index < -0.39 is 0 Å². The average molecular weight is 347 g/mol. The third-order valence-electron chi connectivity index (χ3n) is 5.66. The van der Waals surface area contributed by atoms with Gasteiger partial charge in [-0.15, -0.1) is 0 Å². The van der Waals surface area contributed by atoms with E-state index in [2.05, 4.69) is 25.8 Å². The molecule has 4 rings (SSSR count). The highest BCUT2D eigenvalue weighted by Crippen LogP contribution is 2.40. The molecule has 0 saturated carbocycles. The minimum atomic E-state index is -0.0382. The minimum Gasteiger partial charge on any atom is -0.356 e. The Labute approximate surface area is 153 Å². The molecular weight excluding hydrogens is 326 g/mol. The van der Waals surface area contributed by atoms with E-state index in [1.807, 2.05) is 24.3 Å². The Hall–Kier alpha value is -2.94. The van der Waals surface area contributed by atoms with E-state index in [0.717, 1.165) is 43.7 Å². The molecule has 2 aromatic heterocycles. The van der Waals surface area contributed by atoms with Crippen LogP contribution in [-0.2, 0) is 11.3 Å². The predicted molar refractivity (Wildman–Crippen MR) is 97.2 cm³/mol. The molecule has 0 aromatic carbocycles. The van der Waals surface area contributed by atoms with Gasteiger partial charge in [0.2, 0.25) is 5.91 Å². The first kappa shape index (κ1) is 16.5. The SMILES string of the molecule is N#Cc1ccc(N2CCC3(CCC(=O)N3Cc3ccncc3)CC2)nc1. The van der Waals surface area contributed by atoms with Gasteiger partial charge < -0.3 is 9.80 Å². The summed E-state index contributed by atoms with van der Waals surface area (Å²) in [6, 6.07) is 9.78. The monoisotopic (exact) mass is 347 g/mol. The van der Waals surface area contributed by atoms with Gasteiger partial charge in [0.25, 0.3) is 0 Å². The first-order valence-corrected chi connectivity index (χ1v) is 9.01. The molecule has 4 heterocycles. The van der Waals surface area contributed by atoms with E-state index in [0.29, 0.717) is 18.5 Å². The Balaban J connectivity index is 1.47. The second-order valence-corrected chi connectivity index (χ2v) is 7.06. The van der Waals surface area contributed by atoms with Crippen molar-refractivity contribution in [3.05, 3.63) is 54.0 Å². The van der Waals surface area contributed by atoms with Crippen LogP contribution < -0.4 is 4.90 Å². The van der Waals surface area contributed by atoms with E-state index in [9.17, 15) is 4.79 Å². The van der Waals surface area contributed by atoms with Crippen LogP contribution in [-0.4, -0.2) is 39.4 Å². The quantitative estimate of drug-likeness (QED) is 0.853. The molecule has 0 radical (unpaired) electrons. The molecule has 2 fully saturated rings. The Kier molecular flexibility index (Phi) is 4.29. The van der Waals surface area contributed by atoms with Gasteiger partial charge >= 0.3 is 0 Å². The fraction of sp³-hybridized carbons (Fsp3) is 0.400. The second-order valence-electron chi connectivity index (χ2n) is 7.06. The summed E-state index contributed by atoms with van der Waals surface area (Å²) >= 11 is 0. The molecule has 132 valence electrons. The molecule has 1 spiro atoms. The van der Waals surface area contributed by atoms with Crippen molar-refractivity contribution in [1.82, 2.24) is 14.9 Å². The molecule has 0 bridgehead atoms. The van der Waals surface area contributed by atoms with Crippen molar-refractivity contribution in [2.24, 2.45) is 0 Å². The Morgan fingerprint density at radius 2 is 1.88 bits per heavy atom. The maximum absolute atomic E-state index is 12.5. The van der Waals surface area contributed by atoms with Gasteiger partial charge in [0, 0.05) is 50.2 Å². The highest BCUT2D eigenvalue weighted by molar-refractivity contribution is 5.79. The summed E-state index contributed by atoms with van der Waals surface area (Å²) < 4.78 is 0. The van der Waals surface area contributed by atoms with Gasteiger partial charge in [-0.2, -0.15) is 5.26 Å². The maximum Gasteiger partial charge on any atom is 0.223 e. The lowest BCUT2D eigenvalue weighted by Crippen LogP contribution is -2.53. The Morgan fingerprint density at radius 1 is 1.12 bits per heavy atom. The van der Waals surface area contributed by atoms with Crippen LogP contribution >= 0.6 is 0 Å². The zero-order valence-corrected chi connectivity index (χ0v) is 14.6. The molecule has 0 aliphatic carbocycles. The van der Waals surface area contributed by atoms with Crippen molar-refractivity contribution < 1.29 is 4.79 Å². The van der Waals surface area contributed by atoms with Crippen LogP contribution in [0.15, 0.2) is 42.9 Å². The van der Waals surface area contributed by atoms with Crippen molar-refractivity contribution in [3.8, 4) is 6.07 Å². The third kappa shape index (κ3) is 3.01. The maximum atomic E-state index is 12.5. The first-order valence-electron chi connectivity index (χ1n) is 9.01. The van der Waals surface area contributed by atoms with Gasteiger partial charge in [0.05, 0.1) is 5.56 Å². The number of amides is 1. The number of rotatable bonds is 3. The number of carbonyl (C=O) groups excluding carboxylic acids is 1. The molecule has 1 amide bonds. The van der Waals surface area contributed by atoms with Gasteiger partial charge in [-0.1, -0.05) is 0 Å². The lowest BCUT2D eigenvalue weighted by molar-refractivity contribution is -0.132. The van der Waals surface area contributed by atoms with Gasteiger partial charge in [0.1, 0.15) is 11.9 Å². The number of nitrogens with zero attached hydrogens (tertiary/aromatic N) is 5. The van der Waals surface area contributed by atoms with Crippen molar-refractivity contribution >= 4 is 11.7 Å². The van der Waals surface area contributed by atoms with Crippen molar-refractivity contribution in [1.29, 1.82) is 5.26 Å². The van der Waals surface area contributed by atoms with Gasteiger partial charge in [0.15, 0.2) is 0 Å². The highest BCUT2D eigenvalue weighted by Gasteiger charge is 2.46. The van der Waals surface area contributed by atoms with Crippen LogP contribution in [0, 0.1) is 11.3 Å². The number of likely N-dealkylation sites (tertiary alicyclic amines) is 1. The number of piperidine rings is 1. The number of hydrogen-bond donors (Lipinski definition) is 0. The number of pyridine rings is 2. The highest BCUT2D eigenvalue weighted by atomic mass is 16.2. The molecule has 2 aliphatic heterocycles. The lowest BCUT2D eigenvalue weighted by Gasteiger charge is -2.45. The number of nitriles is 1. The van der Waals surface area contributed by atoms with Gasteiger partial charge in [-0.05, 0) is 49.1 Å². The molecule has 6 heteroatoms. The first-order chi connectivity index (χ1) is 12.7. The van der Waals surface area contributed by atoms with Crippen LogP contribution in [0.3, 0.4) is 0 Å². The average Bonchev–Trinajstić information content (AvgIpc) is 2.99. The summed E-state index contributed by atoms with van der Waals surface area (Å²) in [6.45, 7) is 2.41. The van der Waals surface area contributed by atoms with Crippen molar-refractivity contribution in [2.45, 2.75) is 37.8 Å². The topological polar surface area (TPSA) is 73.1 Å². The number of carbonyl (C=O) groups is 1. The molecule has 0 unspecified atom stereocenters. The summed E-state index contributed by atoms with van der Waals surface area (Å²) in [7, 11) is 0. The Bertz CT molecular complexity index is 820. The molecular formula is C20H21N5O. The zero-order chi connectivity index (χ0) is 18.0. The predicted octanol–water partition coefficient (Wildman–Crippen LogP) is 2.51. The van der Waals surface area contributed by atoms with Crippen LogP contribution in [0.4, 0.5) is 5.82 Å². The Morgan fingerprint density at radius 3 is 2.54 bits per heavy atom. The molecule has 2 aromatic rings. The molecule has 26 heavy (non-hydrogen) atoms. The number of anilines is 1. The van der Waals surface area contributed by atoms with Crippen LogP contribution in [0.25, 0.3) is 0 Å². The summed E-state index contributed by atoms with van der Waals surface area (Å²) in [5.74, 6) is 1.16. The standard InChI is InChI=1S/C20H21N5O/c21-13-17-1-2-18(23-14-17)24-11-7-20(8-12-24)6-3-19(26)25(20)15-16-4-9-22-10-5-16/h1-2,4-5,9-10,14H,3,6-8,11-12,15H2. The van der Waals surface area contributed by atoms with E-state index in [-0.39, 0.29) is 11.4 Å². The summed E-state index contributed by atoms with van der Waals surface area (Å²) in [6.07, 6.45) is 8.65. The zero-order valence-electron chi connectivity index (χ0n) is 14.6. The molecule has 6 nitrogen and oxygen atoms in total. The van der Waals surface area contributed by atoms with Crippen molar-refractivity contribution in [2.75, 3.05) is 18.0 Å². The normalized spacial score (nSPS) is 19.0. The minimum absolute atomic E-state index is 0.0382. The number of aromatic nitrogens is 2. The van der Waals surface area contributed by atoms with E-state index >= 15 is 0 Å². The molecule has 2 aliphatic rings. The molecule has 2 saturated heterocycles. The smallest absolute Gasteiger partial charge is 0.223 e. The molecule has 0 N–H and O–H groups in total. The third-order valence-corrected chi connectivity index (χ3v) is 5.66. The van der Waals surface area contributed by atoms with E-state index in [4.69, 9.17) is 5.26 Å². The largest absolute Gasteiger partial charge is 0.356 e. The van der Waals surface area contributed by atoms with Gasteiger partial charge in [-0.25, -0.2) is 4.98 Å². The second kappa shape index (κ2) is 6.75. The molecule has 0 atom stereocenters. The van der Waals surface area contributed by atoms with Crippen LogP contribution in [0.1, 0.15) is 36.8 Å². The summed E-state index contributed by atoms with van der Waals surface area (Å²) in [5.41, 5.74) is 1.67. The summed E-state index contributed by atoms with van der Waals surface area (Å²) in [4.78, 5) is 25.3. The van der Waals surface area contributed by atoms with Crippen LogP contribution in [0.2, 0.25) is 0 Å². The number of hydrogen-bond acceptors (Lipinski definition) is 5. The fourth-order valence-corrected chi connectivity index (χ4v) is 4.11. The summed E-state index contributed by atoms with van der Waals surface area (Å²) in [5, 5.41) is 8.91. The van der Waals surface area contributed by atoms with E-state index in [1.165, 1.54) is 0 Å². The van der Waals surface area contributed by atoms with Crippen LogP contribution in [0.5, 0.6) is 0 Å². The van der Waals surface area contributed by atoms with E-state index in [1.54, 1.807) is 18.6 Å². The fourth-order valence-electron chi connectivity index (χ4n) is 4.11. The van der Waals surface area contributed by atoms with Crippen molar-refractivity contribution in [3.63, 3.8) is 0 Å².